The lowest BCUT2D eigenvalue weighted by Gasteiger charge is -2.38. The van der Waals surface area contributed by atoms with Crippen LogP contribution in [0.4, 0.5) is 0 Å². The summed E-state index contributed by atoms with van der Waals surface area (Å²) < 4.78 is 4.97. The number of hydrogen-bond acceptors (Lipinski definition) is 5. The molecule has 0 aliphatic carbocycles. The molecule has 1 aliphatic heterocycles. The monoisotopic (exact) mass is 299 g/mol. The number of nitrogens with one attached hydrogen (secondary N) is 1. The quantitative estimate of drug-likeness (QED) is 0.719. The Morgan fingerprint density at radius 2 is 2.10 bits per heavy atom. The van der Waals surface area contributed by atoms with Gasteiger partial charge in [-0.15, -0.1) is 0 Å². The molecule has 2 atom stereocenters. The molecule has 0 bridgehead atoms. The van der Waals surface area contributed by atoms with E-state index in [-0.39, 0.29) is 12.0 Å². The van der Waals surface area contributed by atoms with Gasteiger partial charge in [-0.2, -0.15) is 0 Å². The van der Waals surface area contributed by atoms with E-state index in [1.807, 2.05) is 6.92 Å². The van der Waals surface area contributed by atoms with Gasteiger partial charge in [0.15, 0.2) is 0 Å². The lowest BCUT2D eigenvalue weighted by atomic mass is 9.94. The normalized spacial score (nSPS) is 24.0. The summed E-state index contributed by atoms with van der Waals surface area (Å²) in [5.74, 6) is -0.164. The van der Waals surface area contributed by atoms with Crippen LogP contribution in [0.25, 0.3) is 0 Å². The summed E-state index contributed by atoms with van der Waals surface area (Å²) in [6.45, 7) is 12.7. The van der Waals surface area contributed by atoms with Crippen LogP contribution in [0, 0.1) is 0 Å². The zero-order chi connectivity index (χ0) is 16.0. The minimum absolute atomic E-state index is 0.164. The average Bonchev–Trinajstić information content (AvgIpc) is 2.41. The number of rotatable bonds is 7. The van der Waals surface area contributed by atoms with Crippen molar-refractivity contribution < 1.29 is 9.53 Å². The van der Waals surface area contributed by atoms with Crippen LogP contribution in [0.3, 0.4) is 0 Å². The zero-order valence-electron chi connectivity index (χ0n) is 14.6. The molecule has 1 N–H and O–H groups in total. The van der Waals surface area contributed by atoms with Crippen molar-refractivity contribution >= 4 is 5.97 Å². The van der Waals surface area contributed by atoms with Crippen molar-refractivity contribution in [3.63, 3.8) is 0 Å². The molecule has 1 saturated heterocycles. The maximum Gasteiger partial charge on any atom is 0.325 e. The van der Waals surface area contributed by atoms with E-state index in [1.165, 1.54) is 7.11 Å². The highest BCUT2D eigenvalue weighted by Crippen LogP contribution is 2.17. The van der Waals surface area contributed by atoms with Crippen molar-refractivity contribution in [1.29, 1.82) is 0 Å². The van der Waals surface area contributed by atoms with Gasteiger partial charge in [0.05, 0.1) is 7.11 Å². The molecular formula is C16H33N3O2. The summed E-state index contributed by atoms with van der Waals surface area (Å²) in [5, 5.41) is 3.36. The fraction of sp³-hybridized carbons (Fsp3) is 0.938. The molecule has 5 nitrogen and oxygen atoms in total. The Kier molecular flexibility index (Phi) is 7.10. The van der Waals surface area contributed by atoms with Crippen molar-refractivity contribution in [3.8, 4) is 0 Å². The molecule has 0 saturated carbocycles. The van der Waals surface area contributed by atoms with Crippen molar-refractivity contribution in [1.82, 2.24) is 15.1 Å². The minimum atomic E-state index is -0.582. The first-order valence-corrected chi connectivity index (χ1v) is 8.07. The predicted molar refractivity (Wildman–Crippen MR) is 86.5 cm³/mol. The molecule has 0 aromatic rings. The summed E-state index contributed by atoms with van der Waals surface area (Å²) in [7, 11) is 3.65. The smallest absolute Gasteiger partial charge is 0.325 e. The number of ether oxygens (including phenoxy) is 1. The second kappa shape index (κ2) is 8.11. The van der Waals surface area contributed by atoms with E-state index in [1.54, 1.807) is 0 Å². The van der Waals surface area contributed by atoms with Gasteiger partial charge in [0.2, 0.25) is 0 Å². The predicted octanol–water partition coefficient (Wildman–Crippen LogP) is 1.33. The van der Waals surface area contributed by atoms with E-state index in [0.717, 1.165) is 39.0 Å². The molecule has 2 unspecified atom stereocenters. The van der Waals surface area contributed by atoms with Gasteiger partial charge in [0.25, 0.3) is 0 Å². The number of hydrogen-bond donors (Lipinski definition) is 1. The van der Waals surface area contributed by atoms with Gasteiger partial charge in [-0.3, -0.25) is 10.1 Å². The van der Waals surface area contributed by atoms with Crippen LogP contribution in [0.5, 0.6) is 0 Å². The van der Waals surface area contributed by atoms with Crippen molar-refractivity contribution in [3.05, 3.63) is 0 Å². The van der Waals surface area contributed by atoms with Crippen LogP contribution in [-0.2, 0) is 9.53 Å². The third kappa shape index (κ3) is 5.57. The minimum Gasteiger partial charge on any atom is -0.468 e. The molecule has 1 fully saturated rings. The molecular weight excluding hydrogens is 266 g/mol. The number of likely N-dealkylation sites (N-methyl/N-ethyl adjacent to an activating group) is 1. The second-order valence-corrected chi connectivity index (χ2v) is 6.86. The fourth-order valence-corrected chi connectivity index (χ4v) is 3.08. The molecule has 0 amide bonds. The van der Waals surface area contributed by atoms with Crippen LogP contribution in [-0.4, -0.2) is 73.7 Å². The van der Waals surface area contributed by atoms with Gasteiger partial charge >= 0.3 is 5.97 Å². The Labute approximate surface area is 130 Å². The lowest BCUT2D eigenvalue weighted by Crippen LogP contribution is -2.54. The molecule has 1 rings (SSSR count). The molecule has 0 radical (unpaired) electrons. The number of esters is 1. The third-order valence-electron chi connectivity index (χ3n) is 4.44. The Hall–Kier alpha value is -0.650. The van der Waals surface area contributed by atoms with Crippen molar-refractivity contribution in [2.24, 2.45) is 0 Å². The van der Waals surface area contributed by atoms with E-state index in [4.69, 9.17) is 4.74 Å². The highest BCUT2D eigenvalue weighted by Gasteiger charge is 2.34. The highest BCUT2D eigenvalue weighted by atomic mass is 16.5. The molecule has 21 heavy (non-hydrogen) atoms. The molecule has 1 aliphatic rings. The summed E-state index contributed by atoms with van der Waals surface area (Å²) in [6.07, 6.45) is 1.81. The molecule has 1 heterocycles. The van der Waals surface area contributed by atoms with Gasteiger partial charge in [-0.05, 0) is 54.1 Å². The first-order chi connectivity index (χ1) is 9.78. The van der Waals surface area contributed by atoms with E-state index < -0.39 is 5.54 Å². The van der Waals surface area contributed by atoms with Crippen LogP contribution >= 0.6 is 0 Å². The maximum atomic E-state index is 12.0. The topological polar surface area (TPSA) is 44.8 Å². The van der Waals surface area contributed by atoms with E-state index in [2.05, 4.69) is 42.9 Å². The summed E-state index contributed by atoms with van der Waals surface area (Å²) in [4.78, 5) is 16.9. The van der Waals surface area contributed by atoms with Gasteiger partial charge in [-0.25, -0.2) is 0 Å². The number of piperazine rings is 1. The van der Waals surface area contributed by atoms with Crippen LogP contribution in [0.1, 0.15) is 40.5 Å². The van der Waals surface area contributed by atoms with Gasteiger partial charge < -0.3 is 14.5 Å². The van der Waals surface area contributed by atoms with Crippen molar-refractivity contribution in [2.75, 3.05) is 40.3 Å². The van der Waals surface area contributed by atoms with Crippen LogP contribution in [0.15, 0.2) is 0 Å². The molecule has 124 valence electrons. The SMILES string of the molecule is COC(=O)C(C)(CCCN1CCN(C)C(C)C1)NC(C)C. The van der Waals surface area contributed by atoms with Gasteiger partial charge in [0, 0.05) is 31.7 Å². The second-order valence-electron chi connectivity index (χ2n) is 6.86. The average molecular weight is 299 g/mol. The Bertz CT molecular complexity index is 335. The lowest BCUT2D eigenvalue weighted by molar-refractivity contribution is -0.148. The van der Waals surface area contributed by atoms with Gasteiger partial charge in [-0.1, -0.05) is 0 Å². The maximum absolute atomic E-state index is 12.0. The summed E-state index contributed by atoms with van der Waals surface area (Å²) in [5.41, 5.74) is -0.582. The molecule has 0 aromatic heterocycles. The summed E-state index contributed by atoms with van der Waals surface area (Å²) in [6, 6.07) is 0.872. The standard InChI is InChI=1S/C16H33N3O2/c1-13(2)17-16(4,15(20)21-6)8-7-9-19-11-10-18(5)14(3)12-19/h13-14,17H,7-12H2,1-6H3. The van der Waals surface area contributed by atoms with Crippen LogP contribution < -0.4 is 5.32 Å². The number of methoxy groups -OCH3 is 1. The number of carbonyl (C=O) groups is 1. The molecule has 5 heteroatoms. The first-order valence-electron chi connectivity index (χ1n) is 8.07. The Morgan fingerprint density at radius 3 is 2.62 bits per heavy atom. The van der Waals surface area contributed by atoms with Crippen LogP contribution in [0.2, 0.25) is 0 Å². The first kappa shape index (κ1) is 18.4. The third-order valence-corrected chi connectivity index (χ3v) is 4.44. The van der Waals surface area contributed by atoms with Gasteiger partial charge in [0.1, 0.15) is 5.54 Å². The van der Waals surface area contributed by atoms with E-state index in [9.17, 15) is 4.79 Å². The Morgan fingerprint density at radius 1 is 1.43 bits per heavy atom. The van der Waals surface area contributed by atoms with Crippen molar-refractivity contribution in [2.45, 2.75) is 58.2 Å². The number of nitrogens with zero attached hydrogens (tertiary/aromatic N) is 2. The fourth-order valence-electron chi connectivity index (χ4n) is 3.08. The van der Waals surface area contributed by atoms with E-state index >= 15 is 0 Å². The number of carbonyl (C=O) groups excluding carboxylic acids is 1. The highest BCUT2D eigenvalue weighted by molar-refractivity contribution is 5.80. The van der Waals surface area contributed by atoms with E-state index in [0.29, 0.717) is 6.04 Å². The zero-order valence-corrected chi connectivity index (χ0v) is 14.6. The Balaban J connectivity index is 2.45. The molecule has 0 spiro atoms. The molecule has 0 aromatic carbocycles. The summed E-state index contributed by atoms with van der Waals surface area (Å²) >= 11 is 0. The largest absolute Gasteiger partial charge is 0.468 e.